The number of aliphatic hydroxyl groups excluding tert-OH is 2. The van der Waals surface area contributed by atoms with Crippen molar-refractivity contribution >= 4 is 5.97 Å². The van der Waals surface area contributed by atoms with Crippen LogP contribution in [0.4, 0.5) is 0 Å². The van der Waals surface area contributed by atoms with Gasteiger partial charge in [-0.25, -0.2) is 0 Å². The number of fused-ring (bicyclic) bond motifs is 1. The second-order valence-corrected chi connectivity index (χ2v) is 9.27. The molecule has 168 valence electrons. The van der Waals surface area contributed by atoms with Crippen LogP contribution < -0.4 is 0 Å². The van der Waals surface area contributed by atoms with Crippen molar-refractivity contribution in [1.29, 1.82) is 0 Å². The Bertz CT molecular complexity index is 925. The number of esters is 1. The van der Waals surface area contributed by atoms with Crippen molar-refractivity contribution in [2.75, 3.05) is 0 Å². The van der Waals surface area contributed by atoms with Gasteiger partial charge < -0.3 is 14.9 Å². The van der Waals surface area contributed by atoms with Crippen LogP contribution in [-0.4, -0.2) is 34.0 Å². The van der Waals surface area contributed by atoms with Crippen molar-refractivity contribution in [3.8, 4) is 11.8 Å². The molecule has 0 saturated heterocycles. The Hall–Kier alpha value is -1.57. The van der Waals surface area contributed by atoms with Crippen LogP contribution in [0.5, 0.6) is 0 Å². The highest BCUT2D eigenvalue weighted by Crippen LogP contribution is 2.50. The first-order chi connectivity index (χ1) is 16.3. The minimum absolute atomic E-state index is 0.0886. The lowest BCUT2D eigenvalue weighted by atomic mass is 9.89. The number of hydrogen-bond donors (Lipinski definition) is 2. The van der Waals surface area contributed by atoms with Crippen LogP contribution in [0.25, 0.3) is 0 Å². The van der Waals surface area contributed by atoms with E-state index in [-0.39, 0.29) is 24.2 Å². The maximum atomic E-state index is 12.3. The van der Waals surface area contributed by atoms with Crippen molar-refractivity contribution < 1.29 is 28.0 Å². The van der Waals surface area contributed by atoms with Gasteiger partial charge >= 0.3 is 5.97 Å². The summed E-state index contributed by atoms with van der Waals surface area (Å²) in [6.45, 7) is 7.94. The zero-order valence-corrected chi connectivity index (χ0v) is 18.7. The van der Waals surface area contributed by atoms with Crippen LogP contribution in [0.1, 0.15) is 87.6 Å². The van der Waals surface area contributed by atoms with E-state index in [1.165, 1.54) is 6.08 Å². The van der Waals surface area contributed by atoms with E-state index in [2.05, 4.69) is 11.8 Å². The lowest BCUT2D eigenvalue weighted by Gasteiger charge is -2.19. The fourth-order valence-corrected chi connectivity index (χ4v) is 4.24. The van der Waals surface area contributed by atoms with Gasteiger partial charge in [0.1, 0.15) is 5.60 Å². The highest BCUT2D eigenvalue weighted by molar-refractivity contribution is 5.69. The third kappa shape index (κ3) is 7.60. The molecule has 0 radical (unpaired) electrons. The van der Waals surface area contributed by atoms with Gasteiger partial charge in [0.05, 0.1) is 12.2 Å². The quantitative estimate of drug-likeness (QED) is 0.335. The van der Waals surface area contributed by atoms with E-state index in [0.29, 0.717) is 19.3 Å². The minimum atomic E-state index is -2.81. The number of aliphatic hydroxyl groups is 2. The molecule has 0 spiro atoms. The zero-order chi connectivity index (χ0) is 27.7. The molecule has 2 saturated carbocycles. The summed E-state index contributed by atoms with van der Waals surface area (Å²) < 4.78 is 53.7. The first-order valence-electron chi connectivity index (χ1n) is 13.7. The molecule has 0 aromatic rings. The van der Waals surface area contributed by atoms with E-state index >= 15 is 0 Å². The minimum Gasteiger partial charge on any atom is -0.460 e. The van der Waals surface area contributed by atoms with E-state index in [9.17, 15) is 15.0 Å². The third-order valence-corrected chi connectivity index (χ3v) is 5.66. The highest BCUT2D eigenvalue weighted by atomic mass is 16.6. The van der Waals surface area contributed by atoms with Crippen molar-refractivity contribution in [3.63, 3.8) is 0 Å². The zero-order valence-electron chi connectivity index (χ0n) is 24.7. The molecule has 0 aromatic carbocycles. The molecular weight excluding hydrogens is 376 g/mol. The summed E-state index contributed by atoms with van der Waals surface area (Å²) in [7, 11) is 0. The molecule has 2 aliphatic rings. The first-order valence-corrected chi connectivity index (χ1v) is 10.7. The van der Waals surface area contributed by atoms with Crippen LogP contribution in [0.3, 0.4) is 0 Å². The SMILES string of the molecule is [2H]C([2H])(C#CC)C(C)[C@H](O)/C=C/[C@@H]1[C@H]2C/C(=C/CC([2H])([2H])C([2H])([2H])C(=O)OC(C)(C)C)C[C@H]2C[C@H]1O. The molecule has 1 unspecified atom stereocenters. The number of allylic oxidation sites excluding steroid dienone is 2. The predicted octanol–water partition coefficient (Wildman–Crippen LogP) is 4.80. The topological polar surface area (TPSA) is 66.8 Å². The molecule has 6 atom stereocenters. The van der Waals surface area contributed by atoms with Gasteiger partial charge in [0.25, 0.3) is 0 Å². The van der Waals surface area contributed by atoms with Crippen LogP contribution in [-0.2, 0) is 9.53 Å². The highest BCUT2D eigenvalue weighted by Gasteiger charge is 2.44. The predicted molar refractivity (Wildman–Crippen MR) is 120 cm³/mol. The van der Waals surface area contributed by atoms with E-state index in [4.69, 9.17) is 13.0 Å². The molecule has 30 heavy (non-hydrogen) atoms. The van der Waals surface area contributed by atoms with Crippen LogP contribution in [0.2, 0.25) is 0 Å². The lowest BCUT2D eigenvalue weighted by molar-refractivity contribution is -0.154. The van der Waals surface area contributed by atoms with Gasteiger partial charge in [0, 0.05) is 26.9 Å². The number of rotatable bonds is 8. The van der Waals surface area contributed by atoms with Gasteiger partial charge in [-0.05, 0) is 77.5 Å². The van der Waals surface area contributed by atoms with E-state index in [0.717, 1.165) is 5.57 Å². The monoisotopic (exact) mass is 422 g/mol. The molecule has 2 aliphatic carbocycles. The maximum Gasteiger partial charge on any atom is 0.306 e. The average Bonchev–Trinajstić information content (AvgIpc) is 3.25. The average molecular weight is 423 g/mol. The molecule has 2 N–H and O–H groups in total. The molecule has 0 bridgehead atoms. The summed E-state index contributed by atoms with van der Waals surface area (Å²) >= 11 is 0. The Morgan fingerprint density at radius 1 is 1.40 bits per heavy atom. The summed E-state index contributed by atoms with van der Waals surface area (Å²) in [6, 6.07) is 0. The summed E-state index contributed by atoms with van der Waals surface area (Å²) in [5.41, 5.74) is 0.0330. The largest absolute Gasteiger partial charge is 0.460 e. The molecule has 2 fully saturated rings. The number of carbonyl (C=O) groups excluding carboxylic acids is 1. The fourth-order valence-electron chi connectivity index (χ4n) is 4.24. The Balaban J connectivity index is 2.08. The third-order valence-electron chi connectivity index (χ3n) is 5.66. The molecule has 4 nitrogen and oxygen atoms in total. The van der Waals surface area contributed by atoms with Crippen molar-refractivity contribution in [2.24, 2.45) is 23.7 Å². The molecule has 4 heteroatoms. The Kier molecular flexibility index (Phi) is 6.34. The summed E-state index contributed by atoms with van der Waals surface area (Å²) in [5.74, 6) is 3.10. The van der Waals surface area contributed by atoms with E-state index in [1.807, 2.05) is 0 Å². The standard InChI is InChI=1S/C26H40O4/c1-6-7-10-18(2)23(27)14-13-21-22-16-19(15-20(22)17-24(21)28)11-8-9-12-25(29)30-26(3,4)5/h11,13-14,18,20-24,27-28H,8-10,12,15-17H2,1-5H3/b14-13+,19-11+/t18?,20-,21+,22-,23+,24+/m0/s1/i9D2,10D2,12D2. The van der Waals surface area contributed by atoms with Gasteiger partial charge in [0.2, 0.25) is 0 Å². The second-order valence-electron chi connectivity index (χ2n) is 9.27. The van der Waals surface area contributed by atoms with Crippen LogP contribution in [0, 0.1) is 35.5 Å². The van der Waals surface area contributed by atoms with Crippen LogP contribution >= 0.6 is 0 Å². The molecular formula is C26H40O4. The lowest BCUT2D eigenvalue weighted by Crippen LogP contribution is -2.23. The first kappa shape index (κ1) is 17.0. The summed E-state index contributed by atoms with van der Waals surface area (Å²) in [5, 5.41) is 21.1. The fraction of sp³-hybridized carbons (Fsp3) is 0.731. The van der Waals surface area contributed by atoms with Gasteiger partial charge in [-0.3, -0.25) is 4.79 Å². The van der Waals surface area contributed by atoms with Crippen LogP contribution in [0.15, 0.2) is 23.8 Å². The normalized spacial score (nSPS) is 33.9. The molecule has 0 heterocycles. The maximum absolute atomic E-state index is 12.3. The van der Waals surface area contributed by atoms with E-state index in [1.54, 1.807) is 46.8 Å². The summed E-state index contributed by atoms with van der Waals surface area (Å²) in [6.07, 6.45) is -2.25. The Morgan fingerprint density at radius 3 is 2.80 bits per heavy atom. The van der Waals surface area contributed by atoms with Gasteiger partial charge in [0.15, 0.2) is 0 Å². The molecule has 2 rings (SSSR count). The molecule has 0 amide bonds. The van der Waals surface area contributed by atoms with Crippen molar-refractivity contribution in [1.82, 2.24) is 0 Å². The number of ether oxygens (including phenoxy) is 1. The van der Waals surface area contributed by atoms with Gasteiger partial charge in [-0.15, -0.1) is 11.8 Å². The second kappa shape index (κ2) is 11.2. The number of carbonyl (C=O) groups is 1. The number of hydrogen-bond acceptors (Lipinski definition) is 4. The van der Waals surface area contributed by atoms with E-state index < -0.39 is 48.8 Å². The Labute approximate surface area is 191 Å². The van der Waals surface area contributed by atoms with Crippen molar-refractivity contribution in [2.45, 2.75) is 97.2 Å². The molecule has 0 aromatic heterocycles. The molecule has 0 aliphatic heterocycles. The smallest absolute Gasteiger partial charge is 0.306 e. The summed E-state index contributed by atoms with van der Waals surface area (Å²) in [4.78, 5) is 12.3. The van der Waals surface area contributed by atoms with Crippen molar-refractivity contribution in [3.05, 3.63) is 23.8 Å². The van der Waals surface area contributed by atoms with Gasteiger partial charge in [-0.1, -0.05) is 30.7 Å². The Morgan fingerprint density at radius 2 is 2.13 bits per heavy atom. The van der Waals surface area contributed by atoms with Gasteiger partial charge in [-0.2, -0.15) is 0 Å².